The molecule has 1 atom stereocenters. The summed E-state index contributed by atoms with van der Waals surface area (Å²) in [6, 6.07) is 16.4. The van der Waals surface area contributed by atoms with Gasteiger partial charge in [-0.15, -0.1) is 11.8 Å². The average Bonchev–Trinajstić information content (AvgIpc) is 2.38. The number of thioether (sulfide) groups is 1. The molecular weight excluding hydrogens is 268 g/mol. The van der Waals surface area contributed by atoms with E-state index in [2.05, 4.69) is 0 Å². The monoisotopic (exact) mass is 278 g/mol. The normalized spacial score (nSPS) is 12.1. The minimum absolute atomic E-state index is 0.604. The van der Waals surface area contributed by atoms with Crippen molar-refractivity contribution in [1.82, 2.24) is 0 Å². The van der Waals surface area contributed by atoms with Crippen molar-refractivity contribution < 1.29 is 9.90 Å². The molecule has 0 saturated heterocycles. The number of hydrogen-bond donors (Lipinski definition) is 1. The lowest BCUT2D eigenvalue weighted by molar-refractivity contribution is -0.136. The summed E-state index contributed by atoms with van der Waals surface area (Å²) < 4.78 is 0. The van der Waals surface area contributed by atoms with E-state index in [1.165, 1.54) is 11.8 Å². The van der Waals surface area contributed by atoms with Crippen LogP contribution in [0.1, 0.15) is 10.8 Å². The van der Waals surface area contributed by atoms with Gasteiger partial charge >= 0.3 is 5.97 Å². The molecule has 0 spiro atoms. The minimum atomic E-state index is -0.846. The summed E-state index contributed by atoms with van der Waals surface area (Å²) in [7, 11) is 0. The van der Waals surface area contributed by atoms with Gasteiger partial charge in [-0.1, -0.05) is 41.9 Å². The van der Waals surface area contributed by atoms with Gasteiger partial charge in [0.1, 0.15) is 5.25 Å². The summed E-state index contributed by atoms with van der Waals surface area (Å²) in [5.74, 6) is -0.846. The predicted octanol–water partition coefficient (Wildman–Crippen LogP) is 4.26. The maximum Gasteiger partial charge on any atom is 0.321 e. The van der Waals surface area contributed by atoms with E-state index in [0.29, 0.717) is 5.02 Å². The summed E-state index contributed by atoms with van der Waals surface area (Å²) in [6.45, 7) is 0. The zero-order chi connectivity index (χ0) is 13.0. The van der Waals surface area contributed by atoms with Gasteiger partial charge in [0.25, 0.3) is 0 Å². The van der Waals surface area contributed by atoms with Crippen LogP contribution in [-0.2, 0) is 4.79 Å². The molecule has 0 amide bonds. The number of carboxylic acid groups (broad SMARTS) is 1. The zero-order valence-corrected chi connectivity index (χ0v) is 11.0. The molecule has 0 unspecified atom stereocenters. The first-order valence-corrected chi connectivity index (χ1v) is 6.62. The smallest absolute Gasteiger partial charge is 0.321 e. The molecule has 0 aromatic heterocycles. The Morgan fingerprint density at radius 2 is 1.67 bits per heavy atom. The van der Waals surface area contributed by atoms with Gasteiger partial charge in [0.2, 0.25) is 0 Å². The highest BCUT2D eigenvalue weighted by molar-refractivity contribution is 8.00. The second-order valence-corrected chi connectivity index (χ2v) is 5.32. The first-order valence-electron chi connectivity index (χ1n) is 5.37. The Bertz CT molecular complexity index is 525. The highest BCUT2D eigenvalue weighted by atomic mass is 35.5. The average molecular weight is 279 g/mol. The van der Waals surface area contributed by atoms with Crippen molar-refractivity contribution in [2.45, 2.75) is 10.1 Å². The van der Waals surface area contributed by atoms with Gasteiger partial charge in [-0.3, -0.25) is 4.79 Å². The Kier molecular flexibility index (Phi) is 4.28. The van der Waals surface area contributed by atoms with Gasteiger partial charge in [0.15, 0.2) is 0 Å². The third-order valence-electron chi connectivity index (χ3n) is 2.39. The molecule has 0 fully saturated rings. The maximum atomic E-state index is 11.3. The van der Waals surface area contributed by atoms with E-state index in [1.54, 1.807) is 12.1 Å². The number of hydrogen-bond acceptors (Lipinski definition) is 2. The number of carboxylic acids is 1. The fraction of sp³-hybridized carbons (Fsp3) is 0.0714. The second-order valence-electron chi connectivity index (χ2n) is 3.70. The molecule has 2 nitrogen and oxygen atoms in total. The lowest BCUT2D eigenvalue weighted by Gasteiger charge is -2.12. The molecule has 1 N–H and O–H groups in total. The molecule has 0 heterocycles. The van der Waals surface area contributed by atoms with E-state index in [9.17, 15) is 9.90 Å². The van der Waals surface area contributed by atoms with Crippen molar-refractivity contribution in [3.8, 4) is 0 Å². The van der Waals surface area contributed by atoms with Crippen molar-refractivity contribution >= 4 is 29.3 Å². The van der Waals surface area contributed by atoms with Crippen molar-refractivity contribution in [3.05, 3.63) is 65.2 Å². The van der Waals surface area contributed by atoms with Crippen LogP contribution in [0.15, 0.2) is 59.5 Å². The van der Waals surface area contributed by atoms with Crippen LogP contribution in [0, 0.1) is 0 Å². The van der Waals surface area contributed by atoms with Crippen molar-refractivity contribution in [2.24, 2.45) is 0 Å². The number of benzene rings is 2. The quantitative estimate of drug-likeness (QED) is 0.849. The first kappa shape index (κ1) is 13.0. The van der Waals surface area contributed by atoms with Crippen LogP contribution < -0.4 is 0 Å². The Balaban J connectivity index is 2.22. The van der Waals surface area contributed by atoms with E-state index in [-0.39, 0.29) is 0 Å². The van der Waals surface area contributed by atoms with Gasteiger partial charge < -0.3 is 5.11 Å². The van der Waals surface area contributed by atoms with Crippen molar-refractivity contribution in [2.75, 3.05) is 0 Å². The van der Waals surface area contributed by atoms with E-state index < -0.39 is 11.2 Å². The number of carbonyl (C=O) groups is 1. The van der Waals surface area contributed by atoms with Crippen LogP contribution in [0.5, 0.6) is 0 Å². The SMILES string of the molecule is O=C(O)[C@H](Sc1ccc(Cl)cc1)c1ccccc1. The van der Waals surface area contributed by atoms with Gasteiger partial charge in [-0.25, -0.2) is 0 Å². The van der Waals surface area contributed by atoms with E-state index in [1.807, 2.05) is 42.5 Å². The Labute approximate surface area is 115 Å². The lowest BCUT2D eigenvalue weighted by Crippen LogP contribution is -2.07. The largest absolute Gasteiger partial charge is 0.480 e. The van der Waals surface area contributed by atoms with Crippen LogP contribution in [0.2, 0.25) is 5.02 Å². The fourth-order valence-electron chi connectivity index (χ4n) is 1.54. The van der Waals surface area contributed by atoms with Crippen LogP contribution in [-0.4, -0.2) is 11.1 Å². The molecule has 0 aliphatic heterocycles. The van der Waals surface area contributed by atoms with E-state index >= 15 is 0 Å². The van der Waals surface area contributed by atoms with E-state index in [4.69, 9.17) is 11.6 Å². The predicted molar refractivity (Wildman–Crippen MR) is 74.1 cm³/mol. The maximum absolute atomic E-state index is 11.3. The Hall–Kier alpha value is -1.45. The molecule has 2 aromatic rings. The molecular formula is C14H11ClO2S. The Morgan fingerprint density at radius 3 is 2.22 bits per heavy atom. The molecule has 0 saturated carbocycles. The third kappa shape index (κ3) is 3.28. The molecule has 92 valence electrons. The highest BCUT2D eigenvalue weighted by Gasteiger charge is 2.20. The van der Waals surface area contributed by atoms with E-state index in [0.717, 1.165) is 10.5 Å². The summed E-state index contributed by atoms with van der Waals surface area (Å²) in [4.78, 5) is 12.2. The van der Waals surface area contributed by atoms with Gasteiger partial charge in [0.05, 0.1) is 0 Å². The highest BCUT2D eigenvalue weighted by Crippen LogP contribution is 2.35. The summed E-state index contributed by atoms with van der Waals surface area (Å²) >= 11 is 7.10. The second kappa shape index (κ2) is 5.94. The molecule has 0 bridgehead atoms. The molecule has 2 aromatic carbocycles. The third-order valence-corrected chi connectivity index (χ3v) is 3.90. The fourth-order valence-corrected chi connectivity index (χ4v) is 2.62. The van der Waals surface area contributed by atoms with Gasteiger partial charge in [-0.05, 0) is 29.8 Å². The summed E-state index contributed by atoms with van der Waals surface area (Å²) in [6.07, 6.45) is 0. The molecule has 0 aliphatic rings. The number of aliphatic carboxylic acids is 1. The molecule has 18 heavy (non-hydrogen) atoms. The van der Waals surface area contributed by atoms with Gasteiger partial charge in [-0.2, -0.15) is 0 Å². The van der Waals surface area contributed by atoms with Crippen LogP contribution in [0.25, 0.3) is 0 Å². The molecule has 2 rings (SSSR count). The zero-order valence-electron chi connectivity index (χ0n) is 9.42. The number of rotatable bonds is 4. The van der Waals surface area contributed by atoms with Crippen LogP contribution >= 0.6 is 23.4 Å². The van der Waals surface area contributed by atoms with Crippen LogP contribution in [0.3, 0.4) is 0 Å². The molecule has 0 aliphatic carbocycles. The first-order chi connectivity index (χ1) is 8.66. The molecule has 4 heteroatoms. The standard InChI is InChI=1S/C14H11ClO2S/c15-11-6-8-12(9-7-11)18-13(14(16)17)10-4-2-1-3-5-10/h1-9,13H,(H,16,17)/t13-/m1/s1. The van der Waals surface area contributed by atoms with Gasteiger partial charge in [0, 0.05) is 9.92 Å². The molecule has 0 radical (unpaired) electrons. The van der Waals surface area contributed by atoms with Crippen molar-refractivity contribution in [3.63, 3.8) is 0 Å². The van der Waals surface area contributed by atoms with Crippen LogP contribution in [0.4, 0.5) is 0 Å². The Morgan fingerprint density at radius 1 is 1.06 bits per heavy atom. The number of halogens is 1. The van der Waals surface area contributed by atoms with Crippen molar-refractivity contribution in [1.29, 1.82) is 0 Å². The summed E-state index contributed by atoms with van der Waals surface area (Å²) in [5, 5.41) is 9.34. The summed E-state index contributed by atoms with van der Waals surface area (Å²) in [5.41, 5.74) is 0.782. The minimum Gasteiger partial charge on any atom is -0.480 e. The lowest BCUT2D eigenvalue weighted by atomic mass is 10.1. The topological polar surface area (TPSA) is 37.3 Å².